The van der Waals surface area contributed by atoms with E-state index in [1.165, 1.54) is 16.7 Å². The Hall–Kier alpha value is -2.99. The van der Waals surface area contributed by atoms with Crippen molar-refractivity contribution >= 4 is 20.8 Å². The first-order valence-electron chi connectivity index (χ1n) is 14.9. The minimum absolute atomic E-state index is 0.168. The van der Waals surface area contributed by atoms with Gasteiger partial charge in [-0.3, -0.25) is 0 Å². The predicted octanol–water partition coefficient (Wildman–Crippen LogP) is 8.03. The van der Waals surface area contributed by atoms with Gasteiger partial charge in [0.1, 0.15) is 0 Å². The predicted molar refractivity (Wildman–Crippen MR) is 173 cm³/mol. The van der Waals surface area contributed by atoms with Crippen LogP contribution in [0, 0.1) is 33.6 Å². The number of hydrogen-bond donors (Lipinski definition) is 1. The molecule has 4 rings (SSSR count). The maximum Gasteiger partial charge on any atom is 0.243 e. The van der Waals surface area contributed by atoms with E-state index in [1.54, 1.807) is 16.4 Å². The molecule has 4 aromatic carbocycles. The van der Waals surface area contributed by atoms with Crippen molar-refractivity contribution in [2.45, 2.75) is 84.2 Å². The summed E-state index contributed by atoms with van der Waals surface area (Å²) in [5, 5.41) is 1.95. The molecule has 0 aromatic heterocycles. The Morgan fingerprint density at radius 3 is 1.88 bits per heavy atom. The Morgan fingerprint density at radius 1 is 0.756 bits per heavy atom. The van der Waals surface area contributed by atoms with E-state index in [0.29, 0.717) is 24.4 Å². The van der Waals surface area contributed by atoms with Crippen LogP contribution >= 0.6 is 0 Å². The molecule has 218 valence electrons. The second-order valence-electron chi connectivity index (χ2n) is 12.0. The summed E-state index contributed by atoms with van der Waals surface area (Å²) in [5.41, 5.74) is 13.8. The van der Waals surface area contributed by atoms with Crippen molar-refractivity contribution < 1.29 is 8.42 Å². The van der Waals surface area contributed by atoms with Crippen LogP contribution in [0.3, 0.4) is 0 Å². The van der Waals surface area contributed by atoms with Gasteiger partial charge in [-0.1, -0.05) is 109 Å². The molecule has 0 saturated carbocycles. The molecule has 0 amide bonds. The molecular weight excluding hydrogens is 524 g/mol. The van der Waals surface area contributed by atoms with Crippen molar-refractivity contribution in [3.8, 4) is 0 Å². The zero-order chi connectivity index (χ0) is 29.8. The molecule has 41 heavy (non-hydrogen) atoms. The molecule has 2 atom stereocenters. The lowest BCUT2D eigenvalue weighted by Gasteiger charge is -2.38. The van der Waals surface area contributed by atoms with E-state index < -0.39 is 15.6 Å². The number of benzene rings is 4. The normalized spacial score (nSPS) is 14.3. The van der Waals surface area contributed by atoms with E-state index in [0.717, 1.165) is 46.7 Å². The maximum absolute atomic E-state index is 14.2. The summed E-state index contributed by atoms with van der Waals surface area (Å²) in [7, 11) is -3.75. The summed E-state index contributed by atoms with van der Waals surface area (Å²) >= 11 is 0. The molecule has 0 heterocycles. The number of nitrogens with two attached hydrogens (primary N) is 1. The van der Waals surface area contributed by atoms with Crippen LogP contribution in [0.5, 0.6) is 0 Å². The average Bonchev–Trinajstić information content (AvgIpc) is 2.91. The smallest absolute Gasteiger partial charge is 0.243 e. The fraction of sp³-hybridized carbons (Fsp3) is 0.389. The van der Waals surface area contributed by atoms with Crippen LogP contribution in [0.1, 0.15) is 66.5 Å². The van der Waals surface area contributed by atoms with Crippen LogP contribution in [0.2, 0.25) is 0 Å². The highest BCUT2D eigenvalue weighted by Gasteiger charge is 2.34. The second kappa shape index (κ2) is 12.9. The van der Waals surface area contributed by atoms with Gasteiger partial charge < -0.3 is 5.73 Å². The Balaban J connectivity index is 1.66. The van der Waals surface area contributed by atoms with E-state index >= 15 is 0 Å². The molecule has 4 aromatic rings. The van der Waals surface area contributed by atoms with Gasteiger partial charge in [0, 0.05) is 18.6 Å². The quantitative estimate of drug-likeness (QED) is 0.188. The first-order chi connectivity index (χ1) is 19.4. The molecule has 0 aliphatic heterocycles. The number of fused-ring (bicyclic) bond motifs is 1. The standard InChI is InChI=1S/C36H46N2O2S/c1-7-34(36(37,8-2)24-30-19-26(3)17-27(4)20-30)15-16-38(25-31-21-28(5)18-29(6)22-31)41(39,40)35-14-13-32-11-9-10-12-33(32)23-35/h9-14,17-23,34H,7-8,15-16,24-25,37H2,1-6H3. The van der Waals surface area contributed by atoms with Crippen LogP contribution in [0.4, 0.5) is 0 Å². The third kappa shape index (κ3) is 7.45. The lowest BCUT2D eigenvalue weighted by Crippen LogP contribution is -2.49. The van der Waals surface area contributed by atoms with Gasteiger partial charge in [0.15, 0.2) is 0 Å². The molecule has 0 fully saturated rings. The third-order valence-electron chi connectivity index (χ3n) is 8.50. The first-order valence-corrected chi connectivity index (χ1v) is 16.3. The number of hydrogen-bond acceptors (Lipinski definition) is 3. The molecule has 0 saturated heterocycles. The summed E-state index contributed by atoms with van der Waals surface area (Å²) in [6.07, 6.45) is 3.19. The van der Waals surface area contributed by atoms with Crippen LogP contribution < -0.4 is 5.73 Å². The fourth-order valence-corrected chi connectivity index (χ4v) is 7.91. The van der Waals surface area contributed by atoms with Gasteiger partial charge in [0.25, 0.3) is 0 Å². The minimum atomic E-state index is -3.75. The Kier molecular flexibility index (Phi) is 9.73. The number of rotatable bonds is 12. The fourth-order valence-electron chi connectivity index (χ4n) is 6.43. The minimum Gasteiger partial charge on any atom is -0.325 e. The van der Waals surface area contributed by atoms with Gasteiger partial charge in [-0.25, -0.2) is 8.42 Å². The molecule has 4 nitrogen and oxygen atoms in total. The number of aryl methyl sites for hydroxylation is 4. The van der Waals surface area contributed by atoms with Gasteiger partial charge in [-0.2, -0.15) is 4.31 Å². The summed E-state index contributed by atoms with van der Waals surface area (Å²) in [5.74, 6) is 0.168. The summed E-state index contributed by atoms with van der Waals surface area (Å²) < 4.78 is 30.1. The molecule has 0 aliphatic carbocycles. The molecule has 2 unspecified atom stereocenters. The Labute approximate surface area is 247 Å². The van der Waals surface area contributed by atoms with E-state index in [4.69, 9.17) is 5.73 Å². The summed E-state index contributed by atoms with van der Waals surface area (Å²) in [6, 6.07) is 26.3. The van der Waals surface area contributed by atoms with Crippen molar-refractivity contribution in [1.29, 1.82) is 0 Å². The third-order valence-corrected chi connectivity index (χ3v) is 10.3. The molecule has 0 spiro atoms. The SMILES string of the molecule is CCC(CCN(Cc1cc(C)cc(C)c1)S(=O)(=O)c1ccc2ccccc2c1)C(N)(CC)Cc1cc(C)cc(C)c1. The molecule has 2 N–H and O–H groups in total. The molecule has 0 bridgehead atoms. The highest BCUT2D eigenvalue weighted by atomic mass is 32.2. The Bertz CT molecular complexity index is 1570. The zero-order valence-corrected chi connectivity index (χ0v) is 26.4. The Morgan fingerprint density at radius 2 is 1.32 bits per heavy atom. The van der Waals surface area contributed by atoms with E-state index in [1.807, 2.05) is 30.3 Å². The molecule has 0 aliphatic rings. The molecule has 5 heteroatoms. The molecule has 0 radical (unpaired) electrons. The van der Waals surface area contributed by atoms with Gasteiger partial charge in [0.05, 0.1) is 4.90 Å². The number of sulfonamides is 1. The van der Waals surface area contributed by atoms with Gasteiger partial charge in [0.2, 0.25) is 10.0 Å². The number of nitrogens with zero attached hydrogens (tertiary/aromatic N) is 1. The van der Waals surface area contributed by atoms with Gasteiger partial charge in [-0.15, -0.1) is 0 Å². The molecular formula is C36H46N2O2S. The van der Waals surface area contributed by atoms with Crippen LogP contribution in [-0.4, -0.2) is 24.8 Å². The van der Waals surface area contributed by atoms with Gasteiger partial charge in [-0.05, 0) is 86.9 Å². The van der Waals surface area contributed by atoms with Crippen LogP contribution in [-0.2, 0) is 23.0 Å². The largest absolute Gasteiger partial charge is 0.325 e. The maximum atomic E-state index is 14.2. The van der Waals surface area contributed by atoms with Crippen LogP contribution in [0.25, 0.3) is 10.8 Å². The van der Waals surface area contributed by atoms with Crippen molar-refractivity contribution in [3.05, 3.63) is 112 Å². The lowest BCUT2D eigenvalue weighted by atomic mass is 9.74. The average molecular weight is 571 g/mol. The van der Waals surface area contributed by atoms with Gasteiger partial charge >= 0.3 is 0 Å². The van der Waals surface area contributed by atoms with E-state index in [-0.39, 0.29) is 5.92 Å². The van der Waals surface area contributed by atoms with Crippen molar-refractivity contribution in [2.24, 2.45) is 11.7 Å². The zero-order valence-electron chi connectivity index (χ0n) is 25.6. The summed E-state index contributed by atoms with van der Waals surface area (Å²) in [6.45, 7) is 13.4. The topological polar surface area (TPSA) is 63.4 Å². The van der Waals surface area contributed by atoms with Crippen molar-refractivity contribution in [1.82, 2.24) is 4.31 Å². The second-order valence-corrected chi connectivity index (χ2v) is 13.9. The van der Waals surface area contributed by atoms with E-state index in [9.17, 15) is 8.42 Å². The monoisotopic (exact) mass is 570 g/mol. The van der Waals surface area contributed by atoms with Crippen molar-refractivity contribution in [2.75, 3.05) is 6.54 Å². The summed E-state index contributed by atoms with van der Waals surface area (Å²) in [4.78, 5) is 0.332. The lowest BCUT2D eigenvalue weighted by molar-refractivity contribution is 0.219. The first kappa shape index (κ1) is 31.0. The van der Waals surface area contributed by atoms with E-state index in [2.05, 4.69) is 77.9 Å². The van der Waals surface area contributed by atoms with Crippen molar-refractivity contribution in [3.63, 3.8) is 0 Å². The highest BCUT2D eigenvalue weighted by Crippen LogP contribution is 2.32. The highest BCUT2D eigenvalue weighted by molar-refractivity contribution is 7.89. The van der Waals surface area contributed by atoms with Crippen LogP contribution in [0.15, 0.2) is 83.8 Å².